The summed E-state index contributed by atoms with van der Waals surface area (Å²) in [7, 11) is 0. The maximum absolute atomic E-state index is 12.6. The molecule has 0 spiro atoms. The van der Waals surface area contributed by atoms with E-state index in [2.05, 4.69) is 4.98 Å². The van der Waals surface area contributed by atoms with Gasteiger partial charge in [-0.25, -0.2) is 4.98 Å². The van der Waals surface area contributed by atoms with Crippen molar-refractivity contribution in [2.24, 2.45) is 0 Å². The van der Waals surface area contributed by atoms with E-state index in [1.165, 1.54) is 0 Å². The molecule has 1 aromatic heterocycles. The lowest BCUT2D eigenvalue weighted by Crippen LogP contribution is -2.48. The number of carbonyl (C=O) groups is 1. The lowest BCUT2D eigenvalue weighted by atomic mass is 9.97. The highest BCUT2D eigenvalue weighted by atomic mass is 16.6. The molecule has 3 heterocycles. The van der Waals surface area contributed by atoms with Crippen molar-refractivity contribution in [1.29, 1.82) is 0 Å². The van der Waals surface area contributed by atoms with Crippen LogP contribution in [0.25, 0.3) is 11.0 Å². The zero-order valence-corrected chi connectivity index (χ0v) is 13.0. The maximum Gasteiger partial charge on any atom is 0.254 e. The van der Waals surface area contributed by atoms with Crippen LogP contribution < -0.4 is 0 Å². The van der Waals surface area contributed by atoms with Crippen LogP contribution in [-0.2, 0) is 14.3 Å². The Bertz CT molecular complexity index is 660. The van der Waals surface area contributed by atoms with Crippen molar-refractivity contribution in [2.75, 3.05) is 32.9 Å². The normalized spacial score (nSPS) is 25.7. The largest absolute Gasteiger partial charge is 0.376 e. The molecule has 0 bridgehead atoms. The fraction of sp³-hybridized carbons (Fsp3) is 0.529. The van der Waals surface area contributed by atoms with Crippen LogP contribution >= 0.6 is 0 Å². The number of para-hydroxylation sites is 2. The number of amides is 1. The highest BCUT2D eigenvalue weighted by Gasteiger charge is 2.32. The van der Waals surface area contributed by atoms with E-state index in [0.29, 0.717) is 26.4 Å². The summed E-state index contributed by atoms with van der Waals surface area (Å²) in [5.74, 6) is 1.28. The van der Waals surface area contributed by atoms with E-state index in [0.717, 1.165) is 36.2 Å². The van der Waals surface area contributed by atoms with E-state index >= 15 is 0 Å². The van der Waals surface area contributed by atoms with E-state index in [9.17, 15) is 4.79 Å². The number of aromatic nitrogens is 2. The molecule has 122 valence electrons. The van der Waals surface area contributed by atoms with Gasteiger partial charge in [0, 0.05) is 19.0 Å². The summed E-state index contributed by atoms with van der Waals surface area (Å²) < 4.78 is 10.9. The third-order valence-electron chi connectivity index (χ3n) is 4.62. The summed E-state index contributed by atoms with van der Waals surface area (Å²) >= 11 is 0. The predicted octanol–water partition coefficient (Wildman–Crippen LogP) is 1.68. The smallest absolute Gasteiger partial charge is 0.254 e. The average molecular weight is 315 g/mol. The Labute approximate surface area is 134 Å². The van der Waals surface area contributed by atoms with E-state index < -0.39 is 6.10 Å². The number of aromatic amines is 1. The Morgan fingerprint density at radius 2 is 2.22 bits per heavy atom. The molecule has 1 N–H and O–H groups in total. The fourth-order valence-electron chi connectivity index (χ4n) is 3.40. The topological polar surface area (TPSA) is 67.5 Å². The highest BCUT2D eigenvalue weighted by molar-refractivity contribution is 5.81. The minimum atomic E-state index is -0.446. The van der Waals surface area contributed by atoms with Crippen LogP contribution in [0.5, 0.6) is 0 Å². The maximum atomic E-state index is 12.6. The van der Waals surface area contributed by atoms with Crippen molar-refractivity contribution in [3.8, 4) is 0 Å². The molecule has 2 saturated heterocycles. The lowest BCUT2D eigenvalue weighted by molar-refractivity contribution is -0.159. The Morgan fingerprint density at radius 1 is 1.30 bits per heavy atom. The van der Waals surface area contributed by atoms with Crippen LogP contribution in [0.1, 0.15) is 24.6 Å². The summed E-state index contributed by atoms with van der Waals surface area (Å²) in [5.41, 5.74) is 2.03. The minimum Gasteiger partial charge on any atom is -0.376 e. The Morgan fingerprint density at radius 3 is 3.04 bits per heavy atom. The van der Waals surface area contributed by atoms with E-state index in [1.807, 2.05) is 29.2 Å². The van der Waals surface area contributed by atoms with Gasteiger partial charge in [-0.15, -0.1) is 0 Å². The number of benzene rings is 1. The highest BCUT2D eigenvalue weighted by Crippen LogP contribution is 2.27. The number of hydrogen-bond donors (Lipinski definition) is 1. The van der Waals surface area contributed by atoms with Gasteiger partial charge in [0.1, 0.15) is 5.82 Å². The van der Waals surface area contributed by atoms with Gasteiger partial charge in [-0.3, -0.25) is 4.79 Å². The number of fused-ring (bicyclic) bond motifs is 1. The Balaban J connectivity index is 1.48. The fourth-order valence-corrected chi connectivity index (χ4v) is 3.40. The van der Waals surface area contributed by atoms with Gasteiger partial charge in [-0.05, 0) is 25.0 Å². The van der Waals surface area contributed by atoms with Crippen molar-refractivity contribution in [3.63, 3.8) is 0 Å². The van der Waals surface area contributed by atoms with Crippen molar-refractivity contribution >= 4 is 16.9 Å². The second kappa shape index (κ2) is 6.29. The van der Waals surface area contributed by atoms with Crippen LogP contribution in [0.3, 0.4) is 0 Å². The zero-order valence-electron chi connectivity index (χ0n) is 13.0. The second-order valence-corrected chi connectivity index (χ2v) is 6.20. The molecule has 1 aromatic carbocycles. The molecule has 6 nitrogen and oxygen atoms in total. The quantitative estimate of drug-likeness (QED) is 0.915. The summed E-state index contributed by atoms with van der Waals surface area (Å²) in [4.78, 5) is 22.6. The third-order valence-corrected chi connectivity index (χ3v) is 4.62. The number of hydrogen-bond acceptors (Lipinski definition) is 4. The Kier molecular flexibility index (Phi) is 4.01. The van der Waals surface area contributed by atoms with Gasteiger partial charge in [-0.1, -0.05) is 12.1 Å². The van der Waals surface area contributed by atoms with Crippen LogP contribution in [0, 0.1) is 0 Å². The van der Waals surface area contributed by atoms with Crippen LogP contribution in [-0.4, -0.2) is 59.8 Å². The molecule has 6 heteroatoms. The van der Waals surface area contributed by atoms with E-state index in [4.69, 9.17) is 14.5 Å². The van der Waals surface area contributed by atoms with Gasteiger partial charge in [0.05, 0.1) is 30.9 Å². The number of likely N-dealkylation sites (tertiary alicyclic amines) is 1. The van der Waals surface area contributed by atoms with Gasteiger partial charge in [0.2, 0.25) is 0 Å². The van der Waals surface area contributed by atoms with Crippen molar-refractivity contribution in [1.82, 2.24) is 14.9 Å². The number of rotatable bonds is 2. The van der Waals surface area contributed by atoms with Crippen molar-refractivity contribution < 1.29 is 14.3 Å². The number of imidazole rings is 1. The lowest BCUT2D eigenvalue weighted by Gasteiger charge is -2.35. The third kappa shape index (κ3) is 2.96. The number of piperidine rings is 1. The van der Waals surface area contributed by atoms with Crippen LogP contribution in [0.2, 0.25) is 0 Å². The van der Waals surface area contributed by atoms with Gasteiger partial charge in [0.15, 0.2) is 6.10 Å². The van der Waals surface area contributed by atoms with Gasteiger partial charge in [0.25, 0.3) is 5.91 Å². The molecule has 2 aliphatic heterocycles. The summed E-state index contributed by atoms with van der Waals surface area (Å²) in [6, 6.07) is 8.03. The molecule has 1 amide bonds. The average Bonchev–Trinajstić information content (AvgIpc) is 3.06. The molecular formula is C17H21N3O3. The first-order chi connectivity index (χ1) is 11.3. The molecule has 0 saturated carbocycles. The van der Waals surface area contributed by atoms with Crippen LogP contribution in [0.15, 0.2) is 24.3 Å². The molecular weight excluding hydrogens is 294 g/mol. The number of nitrogens with one attached hydrogen (secondary N) is 1. The van der Waals surface area contributed by atoms with E-state index in [-0.39, 0.29) is 11.8 Å². The molecule has 2 aromatic rings. The van der Waals surface area contributed by atoms with Gasteiger partial charge >= 0.3 is 0 Å². The number of nitrogens with zero attached hydrogens (tertiary/aromatic N) is 2. The number of H-pyrrole nitrogens is 1. The van der Waals surface area contributed by atoms with Crippen molar-refractivity contribution in [3.05, 3.63) is 30.1 Å². The standard InChI is InChI=1S/C17H21N3O3/c21-17(15-11-22-8-9-23-15)20-7-3-4-12(10-20)16-18-13-5-1-2-6-14(13)19-16/h1-2,5-6,12,15H,3-4,7-11H2,(H,18,19)/t12-,15+/m0/s1. The summed E-state index contributed by atoms with van der Waals surface area (Å²) in [6.07, 6.45) is 1.59. The van der Waals surface area contributed by atoms with Gasteiger partial charge in [-0.2, -0.15) is 0 Å². The first kappa shape index (κ1) is 14.7. The first-order valence-electron chi connectivity index (χ1n) is 8.24. The molecule has 2 aliphatic rings. The van der Waals surface area contributed by atoms with Gasteiger partial charge < -0.3 is 19.4 Å². The predicted molar refractivity (Wildman–Crippen MR) is 85.2 cm³/mol. The number of ether oxygens (including phenoxy) is 2. The molecule has 2 atom stereocenters. The first-order valence-corrected chi connectivity index (χ1v) is 8.24. The molecule has 0 radical (unpaired) electrons. The minimum absolute atomic E-state index is 0.0468. The Hall–Kier alpha value is -1.92. The SMILES string of the molecule is O=C([C@H]1COCCO1)N1CCC[C@H](c2nc3ccccc3[nH]2)C1. The summed E-state index contributed by atoms with van der Waals surface area (Å²) in [5, 5.41) is 0. The monoisotopic (exact) mass is 315 g/mol. The number of carbonyl (C=O) groups excluding carboxylic acids is 1. The summed E-state index contributed by atoms with van der Waals surface area (Å²) in [6.45, 7) is 2.92. The zero-order chi connectivity index (χ0) is 15.6. The molecule has 0 unspecified atom stereocenters. The van der Waals surface area contributed by atoms with Crippen LogP contribution in [0.4, 0.5) is 0 Å². The molecule has 0 aliphatic carbocycles. The molecule has 23 heavy (non-hydrogen) atoms. The van der Waals surface area contributed by atoms with Crippen molar-refractivity contribution in [2.45, 2.75) is 24.9 Å². The molecule has 2 fully saturated rings. The van der Waals surface area contributed by atoms with E-state index in [1.54, 1.807) is 0 Å². The molecule has 4 rings (SSSR count). The second-order valence-electron chi connectivity index (χ2n) is 6.20.